The van der Waals surface area contributed by atoms with Crippen LogP contribution in [0.1, 0.15) is 20.3 Å². The summed E-state index contributed by atoms with van der Waals surface area (Å²) in [5.74, 6) is 0.357. The van der Waals surface area contributed by atoms with Crippen molar-refractivity contribution in [3.8, 4) is 0 Å². The predicted octanol–water partition coefficient (Wildman–Crippen LogP) is 0.318. The van der Waals surface area contributed by atoms with Crippen molar-refractivity contribution < 1.29 is 4.74 Å². The minimum atomic E-state index is 0.0828. The van der Waals surface area contributed by atoms with E-state index < -0.39 is 0 Å². The fourth-order valence-electron chi connectivity index (χ4n) is 1.19. The topological polar surface area (TPSA) is 78.8 Å². The Bertz CT molecular complexity index is 283. The molecule has 6 nitrogen and oxygen atoms in total. The molecule has 0 atom stereocenters. The Balaban J connectivity index is 2.54. The molecule has 0 spiro atoms. The second kappa shape index (κ2) is 4.36. The van der Waals surface area contributed by atoms with Crippen molar-refractivity contribution in [2.75, 3.05) is 19.5 Å². The molecule has 1 aromatic heterocycles. The van der Waals surface area contributed by atoms with Crippen molar-refractivity contribution in [1.29, 1.82) is 0 Å². The first-order valence-electron chi connectivity index (χ1n) is 4.56. The van der Waals surface area contributed by atoms with Gasteiger partial charge >= 0.3 is 0 Å². The Labute approximate surface area is 83.4 Å². The molecule has 80 valence electrons. The van der Waals surface area contributed by atoms with E-state index in [1.807, 2.05) is 0 Å². The van der Waals surface area contributed by atoms with Crippen LogP contribution in [0.5, 0.6) is 0 Å². The van der Waals surface area contributed by atoms with Gasteiger partial charge < -0.3 is 10.5 Å². The molecule has 0 aromatic carbocycles. The van der Waals surface area contributed by atoms with Gasteiger partial charge in [0.05, 0.1) is 6.54 Å². The first-order chi connectivity index (χ1) is 6.55. The van der Waals surface area contributed by atoms with Gasteiger partial charge in [0.25, 0.3) is 0 Å². The van der Waals surface area contributed by atoms with Crippen molar-refractivity contribution in [3.63, 3.8) is 0 Å². The minimum Gasteiger partial charge on any atom is -0.385 e. The molecular formula is C8H17N5O. The highest BCUT2D eigenvalue weighted by atomic mass is 16.5. The van der Waals surface area contributed by atoms with E-state index in [0.29, 0.717) is 12.5 Å². The van der Waals surface area contributed by atoms with Crippen LogP contribution < -0.4 is 5.73 Å². The lowest BCUT2D eigenvalue weighted by Crippen LogP contribution is -2.23. The molecule has 0 aliphatic rings. The van der Waals surface area contributed by atoms with Crippen LogP contribution in [0.25, 0.3) is 0 Å². The van der Waals surface area contributed by atoms with Crippen LogP contribution >= 0.6 is 0 Å². The van der Waals surface area contributed by atoms with E-state index in [1.54, 1.807) is 11.8 Å². The van der Waals surface area contributed by atoms with Crippen LogP contribution in [0.4, 0.5) is 5.95 Å². The third kappa shape index (κ3) is 2.95. The van der Waals surface area contributed by atoms with Crippen molar-refractivity contribution in [1.82, 2.24) is 20.2 Å². The zero-order valence-corrected chi connectivity index (χ0v) is 8.90. The van der Waals surface area contributed by atoms with Crippen LogP contribution in [0.15, 0.2) is 0 Å². The third-order valence-corrected chi connectivity index (χ3v) is 2.12. The van der Waals surface area contributed by atoms with Crippen LogP contribution in [0.2, 0.25) is 0 Å². The summed E-state index contributed by atoms with van der Waals surface area (Å²) in [5, 5.41) is 10.9. The average molecular weight is 199 g/mol. The maximum absolute atomic E-state index is 5.57. The Morgan fingerprint density at radius 1 is 1.50 bits per heavy atom. The van der Waals surface area contributed by atoms with Crippen molar-refractivity contribution in [2.45, 2.75) is 26.8 Å². The SMILES string of the molecule is COCCC(C)(C)Cn1nnnc1N. The number of tetrazole rings is 1. The van der Waals surface area contributed by atoms with E-state index in [4.69, 9.17) is 10.5 Å². The quantitative estimate of drug-likeness (QED) is 0.738. The summed E-state index contributed by atoms with van der Waals surface area (Å²) < 4.78 is 6.64. The number of nitrogens with zero attached hydrogens (tertiary/aromatic N) is 4. The lowest BCUT2D eigenvalue weighted by molar-refractivity contribution is 0.140. The second-order valence-electron chi connectivity index (χ2n) is 4.10. The maximum atomic E-state index is 5.57. The molecule has 0 amide bonds. The normalized spacial score (nSPS) is 11.9. The number of methoxy groups -OCH3 is 1. The summed E-state index contributed by atoms with van der Waals surface area (Å²) in [4.78, 5) is 0. The first kappa shape index (κ1) is 10.9. The van der Waals surface area contributed by atoms with Gasteiger partial charge in [0.1, 0.15) is 0 Å². The third-order valence-electron chi connectivity index (χ3n) is 2.12. The molecule has 0 radical (unpaired) electrons. The summed E-state index contributed by atoms with van der Waals surface area (Å²) in [7, 11) is 1.70. The molecular weight excluding hydrogens is 182 g/mol. The van der Waals surface area contributed by atoms with Crippen molar-refractivity contribution in [3.05, 3.63) is 0 Å². The fourth-order valence-corrected chi connectivity index (χ4v) is 1.19. The number of hydrogen-bond donors (Lipinski definition) is 1. The molecule has 0 fully saturated rings. The Morgan fingerprint density at radius 3 is 2.71 bits per heavy atom. The average Bonchev–Trinajstić information content (AvgIpc) is 2.48. The fraction of sp³-hybridized carbons (Fsp3) is 0.875. The molecule has 0 bridgehead atoms. The Morgan fingerprint density at radius 2 is 2.21 bits per heavy atom. The Hall–Kier alpha value is -1.17. The standard InChI is InChI=1S/C8H17N5O/c1-8(2,4-5-14-3)6-13-7(9)10-11-12-13/h4-6H2,1-3H3,(H2,9,10,12). The van der Waals surface area contributed by atoms with E-state index in [2.05, 4.69) is 29.4 Å². The van der Waals surface area contributed by atoms with Gasteiger partial charge in [0.15, 0.2) is 0 Å². The zero-order valence-electron chi connectivity index (χ0n) is 8.90. The molecule has 6 heteroatoms. The molecule has 0 unspecified atom stereocenters. The van der Waals surface area contributed by atoms with Gasteiger partial charge in [0.2, 0.25) is 5.95 Å². The lowest BCUT2D eigenvalue weighted by atomic mass is 9.90. The maximum Gasteiger partial charge on any atom is 0.240 e. The molecule has 1 heterocycles. The van der Waals surface area contributed by atoms with E-state index >= 15 is 0 Å². The summed E-state index contributed by atoms with van der Waals surface area (Å²) in [6.07, 6.45) is 0.947. The summed E-state index contributed by atoms with van der Waals surface area (Å²) in [5.41, 5.74) is 5.65. The van der Waals surface area contributed by atoms with Crippen molar-refractivity contribution >= 4 is 5.95 Å². The molecule has 1 aromatic rings. The second-order valence-corrected chi connectivity index (χ2v) is 4.10. The number of nitrogens with two attached hydrogens (primary N) is 1. The first-order valence-corrected chi connectivity index (χ1v) is 4.56. The van der Waals surface area contributed by atoms with E-state index in [0.717, 1.165) is 13.0 Å². The highest BCUT2D eigenvalue weighted by Gasteiger charge is 2.20. The van der Waals surface area contributed by atoms with Crippen LogP contribution in [-0.2, 0) is 11.3 Å². The van der Waals surface area contributed by atoms with E-state index in [9.17, 15) is 0 Å². The predicted molar refractivity (Wildman–Crippen MR) is 52.5 cm³/mol. The lowest BCUT2D eigenvalue weighted by Gasteiger charge is -2.23. The van der Waals surface area contributed by atoms with Crippen LogP contribution in [0, 0.1) is 5.41 Å². The van der Waals surface area contributed by atoms with Gasteiger partial charge in [-0.25, -0.2) is 4.68 Å². The summed E-state index contributed by atoms with van der Waals surface area (Å²) in [6.45, 7) is 5.70. The minimum absolute atomic E-state index is 0.0828. The molecule has 2 N–H and O–H groups in total. The number of rotatable bonds is 5. The Kier molecular flexibility index (Phi) is 3.40. The smallest absolute Gasteiger partial charge is 0.240 e. The van der Waals surface area contributed by atoms with Gasteiger partial charge in [-0.15, -0.1) is 0 Å². The number of ether oxygens (including phenoxy) is 1. The highest BCUT2D eigenvalue weighted by Crippen LogP contribution is 2.22. The van der Waals surface area contributed by atoms with Gasteiger partial charge in [-0.2, -0.15) is 0 Å². The molecule has 14 heavy (non-hydrogen) atoms. The summed E-state index contributed by atoms with van der Waals surface area (Å²) in [6, 6.07) is 0. The van der Waals surface area contributed by atoms with Gasteiger partial charge in [-0.1, -0.05) is 18.9 Å². The largest absolute Gasteiger partial charge is 0.385 e. The molecule has 0 aliphatic heterocycles. The molecule has 0 aliphatic carbocycles. The van der Waals surface area contributed by atoms with E-state index in [-0.39, 0.29) is 5.41 Å². The van der Waals surface area contributed by atoms with Crippen LogP contribution in [-0.4, -0.2) is 33.9 Å². The van der Waals surface area contributed by atoms with E-state index in [1.165, 1.54) is 0 Å². The monoisotopic (exact) mass is 199 g/mol. The van der Waals surface area contributed by atoms with Crippen molar-refractivity contribution in [2.24, 2.45) is 5.41 Å². The van der Waals surface area contributed by atoms with Gasteiger partial charge in [0, 0.05) is 13.7 Å². The number of anilines is 1. The van der Waals surface area contributed by atoms with Gasteiger partial charge in [-0.3, -0.25) is 0 Å². The molecule has 0 saturated heterocycles. The number of aromatic nitrogens is 4. The van der Waals surface area contributed by atoms with Crippen LogP contribution in [0.3, 0.4) is 0 Å². The highest BCUT2D eigenvalue weighted by molar-refractivity contribution is 5.10. The molecule has 0 saturated carbocycles. The number of nitrogen functional groups attached to an aromatic ring is 1. The number of hydrogen-bond acceptors (Lipinski definition) is 5. The summed E-state index contributed by atoms with van der Waals surface area (Å²) >= 11 is 0. The van der Waals surface area contributed by atoms with Gasteiger partial charge in [-0.05, 0) is 22.3 Å². The zero-order chi connectivity index (χ0) is 10.6. The molecule has 1 rings (SSSR count).